The van der Waals surface area contributed by atoms with Crippen LogP contribution >= 0.6 is 11.6 Å². The summed E-state index contributed by atoms with van der Waals surface area (Å²) >= 11 is 5.81. The van der Waals surface area contributed by atoms with Gasteiger partial charge in [-0.2, -0.15) is 0 Å². The molecule has 1 aliphatic heterocycles. The van der Waals surface area contributed by atoms with E-state index in [9.17, 15) is 4.39 Å². The summed E-state index contributed by atoms with van der Waals surface area (Å²) in [5, 5.41) is 0.156. The van der Waals surface area contributed by atoms with Crippen LogP contribution in [0.2, 0.25) is 5.02 Å². The van der Waals surface area contributed by atoms with Gasteiger partial charge in [-0.25, -0.2) is 4.39 Å². The average Bonchev–Trinajstić information content (AvgIpc) is 2.75. The van der Waals surface area contributed by atoms with Crippen molar-refractivity contribution in [3.8, 4) is 0 Å². The monoisotopic (exact) mass is 262 g/mol. The van der Waals surface area contributed by atoms with Crippen molar-refractivity contribution in [3.63, 3.8) is 0 Å². The van der Waals surface area contributed by atoms with E-state index in [1.807, 2.05) is 23.1 Å². The first-order valence-electron chi connectivity index (χ1n) is 5.71. The van der Waals surface area contributed by atoms with Gasteiger partial charge < -0.3 is 10.6 Å². The van der Waals surface area contributed by atoms with Crippen molar-refractivity contribution in [1.29, 1.82) is 0 Å². The Labute approximate surface area is 110 Å². The third-order valence-corrected chi connectivity index (χ3v) is 3.52. The molecule has 0 unspecified atom stereocenters. The highest BCUT2D eigenvalue weighted by Crippen LogP contribution is 2.33. The predicted molar refractivity (Wildman–Crippen MR) is 72.2 cm³/mol. The highest BCUT2D eigenvalue weighted by atomic mass is 35.5. The van der Waals surface area contributed by atoms with Crippen LogP contribution in [0.4, 0.5) is 15.8 Å². The van der Waals surface area contributed by atoms with Crippen molar-refractivity contribution in [3.05, 3.63) is 58.4 Å². The largest absolute Gasteiger partial charge is 0.399 e. The van der Waals surface area contributed by atoms with E-state index in [-0.39, 0.29) is 10.8 Å². The molecule has 0 saturated carbocycles. The van der Waals surface area contributed by atoms with Crippen LogP contribution in [0, 0.1) is 5.82 Å². The highest BCUT2D eigenvalue weighted by molar-refractivity contribution is 6.31. The van der Waals surface area contributed by atoms with Crippen molar-refractivity contribution in [2.24, 2.45) is 0 Å². The summed E-state index contributed by atoms with van der Waals surface area (Å²) in [7, 11) is 0. The first-order valence-corrected chi connectivity index (χ1v) is 6.09. The Morgan fingerprint density at radius 3 is 2.72 bits per heavy atom. The highest BCUT2D eigenvalue weighted by Gasteiger charge is 2.22. The third kappa shape index (κ3) is 1.81. The van der Waals surface area contributed by atoms with Gasteiger partial charge in [-0.15, -0.1) is 0 Å². The number of anilines is 2. The number of halogens is 2. The maximum Gasteiger partial charge on any atom is 0.165 e. The van der Waals surface area contributed by atoms with Gasteiger partial charge in [0.15, 0.2) is 5.82 Å². The number of nitrogens with zero attached hydrogens (tertiary/aromatic N) is 1. The molecule has 1 aliphatic rings. The molecule has 4 heteroatoms. The molecule has 92 valence electrons. The Bertz CT molecular complexity index is 613. The number of nitrogens with two attached hydrogens (primary N) is 1. The summed E-state index contributed by atoms with van der Waals surface area (Å²) in [5.41, 5.74) is 9.36. The zero-order valence-corrected chi connectivity index (χ0v) is 10.4. The summed E-state index contributed by atoms with van der Waals surface area (Å²) in [4.78, 5) is 1.96. The lowest BCUT2D eigenvalue weighted by molar-refractivity contribution is 0.620. The van der Waals surface area contributed by atoms with Crippen LogP contribution in [0.25, 0.3) is 0 Å². The van der Waals surface area contributed by atoms with E-state index in [1.54, 1.807) is 18.2 Å². The Morgan fingerprint density at radius 2 is 1.89 bits per heavy atom. The lowest BCUT2D eigenvalue weighted by atomic mass is 10.1. The van der Waals surface area contributed by atoms with Crippen molar-refractivity contribution < 1.29 is 4.39 Å². The number of hydrogen-bond acceptors (Lipinski definition) is 2. The van der Waals surface area contributed by atoms with Crippen LogP contribution in [-0.2, 0) is 13.1 Å². The number of benzene rings is 2. The average molecular weight is 263 g/mol. The molecule has 0 aromatic heterocycles. The van der Waals surface area contributed by atoms with E-state index in [1.165, 1.54) is 5.56 Å². The van der Waals surface area contributed by atoms with Crippen LogP contribution in [0.5, 0.6) is 0 Å². The topological polar surface area (TPSA) is 29.3 Å². The molecule has 0 spiro atoms. The molecular weight excluding hydrogens is 251 g/mol. The number of hydrogen-bond donors (Lipinski definition) is 1. The molecule has 0 amide bonds. The Hall–Kier alpha value is -1.74. The van der Waals surface area contributed by atoms with Gasteiger partial charge in [-0.3, -0.25) is 0 Å². The van der Waals surface area contributed by atoms with Crippen LogP contribution in [0.15, 0.2) is 36.4 Å². The summed E-state index contributed by atoms with van der Waals surface area (Å²) in [5.74, 6) is -0.361. The molecule has 0 fully saturated rings. The van der Waals surface area contributed by atoms with Gasteiger partial charge >= 0.3 is 0 Å². The fraction of sp³-hybridized carbons (Fsp3) is 0.143. The predicted octanol–water partition coefficient (Wildman–Crippen LogP) is 3.58. The molecule has 1 heterocycles. The minimum atomic E-state index is -0.361. The fourth-order valence-electron chi connectivity index (χ4n) is 2.32. The quantitative estimate of drug-likeness (QED) is 0.796. The number of fused-ring (bicyclic) bond motifs is 1. The second kappa shape index (κ2) is 4.18. The molecular formula is C14H12ClFN2. The lowest BCUT2D eigenvalue weighted by Crippen LogP contribution is -2.16. The van der Waals surface area contributed by atoms with Gasteiger partial charge in [0.25, 0.3) is 0 Å². The molecule has 18 heavy (non-hydrogen) atoms. The van der Waals surface area contributed by atoms with Crippen molar-refractivity contribution in [1.82, 2.24) is 0 Å². The molecule has 0 bridgehead atoms. The van der Waals surface area contributed by atoms with E-state index in [2.05, 4.69) is 0 Å². The van der Waals surface area contributed by atoms with E-state index >= 15 is 0 Å². The fourth-order valence-corrected chi connectivity index (χ4v) is 2.49. The van der Waals surface area contributed by atoms with E-state index < -0.39 is 0 Å². The van der Waals surface area contributed by atoms with Crippen molar-refractivity contribution >= 4 is 23.0 Å². The molecule has 0 atom stereocenters. The molecule has 3 rings (SSSR count). The normalized spacial score (nSPS) is 13.8. The van der Waals surface area contributed by atoms with Crippen molar-refractivity contribution in [2.75, 3.05) is 10.6 Å². The molecule has 2 N–H and O–H groups in total. The SMILES string of the molecule is Nc1ccc2c(c1)CN(c1cccc(Cl)c1F)C2. The van der Waals surface area contributed by atoms with Gasteiger partial charge in [0.2, 0.25) is 0 Å². The maximum atomic E-state index is 14.0. The van der Waals surface area contributed by atoms with Crippen LogP contribution < -0.4 is 10.6 Å². The molecule has 0 saturated heterocycles. The molecule has 2 nitrogen and oxygen atoms in total. The second-order valence-corrected chi connectivity index (χ2v) is 4.86. The Balaban J connectivity index is 1.96. The first-order chi connectivity index (χ1) is 8.65. The minimum absolute atomic E-state index is 0.156. The van der Waals surface area contributed by atoms with Gasteiger partial charge in [-0.1, -0.05) is 23.7 Å². The van der Waals surface area contributed by atoms with Crippen LogP contribution in [0.3, 0.4) is 0 Å². The zero-order chi connectivity index (χ0) is 12.7. The Morgan fingerprint density at radius 1 is 1.11 bits per heavy atom. The second-order valence-electron chi connectivity index (χ2n) is 4.46. The number of rotatable bonds is 1. The summed E-state index contributed by atoms with van der Waals surface area (Å²) < 4.78 is 14.0. The molecule has 0 aliphatic carbocycles. The first kappa shape index (κ1) is 11.4. The summed E-state index contributed by atoms with van der Waals surface area (Å²) in [6, 6.07) is 10.9. The van der Waals surface area contributed by atoms with Gasteiger partial charge in [0.1, 0.15) is 0 Å². The standard InChI is InChI=1S/C14H12ClFN2/c15-12-2-1-3-13(14(12)16)18-7-9-4-5-11(17)6-10(9)8-18/h1-6H,7-8,17H2. The molecule has 2 aromatic rings. The summed E-state index contributed by atoms with van der Waals surface area (Å²) in [6.45, 7) is 1.35. The van der Waals surface area contributed by atoms with E-state index in [4.69, 9.17) is 17.3 Å². The summed E-state index contributed by atoms with van der Waals surface area (Å²) in [6.07, 6.45) is 0. The molecule has 0 radical (unpaired) electrons. The van der Waals surface area contributed by atoms with E-state index in [0.717, 1.165) is 11.3 Å². The van der Waals surface area contributed by atoms with Crippen molar-refractivity contribution in [2.45, 2.75) is 13.1 Å². The van der Waals surface area contributed by atoms with Crippen LogP contribution in [0.1, 0.15) is 11.1 Å². The van der Waals surface area contributed by atoms with Crippen LogP contribution in [-0.4, -0.2) is 0 Å². The smallest absolute Gasteiger partial charge is 0.165 e. The maximum absolute atomic E-state index is 14.0. The van der Waals surface area contributed by atoms with Gasteiger partial charge in [-0.05, 0) is 35.4 Å². The van der Waals surface area contributed by atoms with Gasteiger partial charge in [0, 0.05) is 18.8 Å². The Kier molecular flexibility index (Phi) is 2.63. The lowest BCUT2D eigenvalue weighted by Gasteiger charge is -2.18. The zero-order valence-electron chi connectivity index (χ0n) is 9.66. The van der Waals surface area contributed by atoms with Gasteiger partial charge in [0.05, 0.1) is 10.7 Å². The molecule has 2 aromatic carbocycles. The third-order valence-electron chi connectivity index (χ3n) is 3.22. The number of nitrogen functional groups attached to an aromatic ring is 1. The van der Waals surface area contributed by atoms with E-state index in [0.29, 0.717) is 18.8 Å². The minimum Gasteiger partial charge on any atom is -0.399 e.